The maximum absolute atomic E-state index is 12.3. The normalized spacial score (nSPS) is 12.7. The van der Waals surface area contributed by atoms with E-state index in [2.05, 4.69) is 0 Å². The van der Waals surface area contributed by atoms with Gasteiger partial charge in [0.25, 0.3) is 5.56 Å². The Morgan fingerprint density at radius 2 is 2.00 bits per heavy atom. The molecular formula is C15H16N2O3. The van der Waals surface area contributed by atoms with Gasteiger partial charge in [0.2, 0.25) is 6.79 Å². The molecule has 1 aromatic heterocycles. The lowest BCUT2D eigenvalue weighted by molar-refractivity contribution is 0.174. The van der Waals surface area contributed by atoms with Crippen LogP contribution in [0.5, 0.6) is 11.5 Å². The van der Waals surface area contributed by atoms with Gasteiger partial charge in [-0.05, 0) is 31.2 Å². The molecule has 20 heavy (non-hydrogen) atoms. The van der Waals surface area contributed by atoms with Gasteiger partial charge in [0.05, 0.1) is 5.69 Å². The molecule has 0 atom stereocenters. The number of fused-ring (bicyclic) bond motifs is 1. The third kappa shape index (κ3) is 1.96. The molecule has 2 N–H and O–H groups in total. The van der Waals surface area contributed by atoms with Crippen molar-refractivity contribution in [2.45, 2.75) is 20.0 Å². The third-order valence-electron chi connectivity index (χ3n) is 3.46. The fraction of sp³-hybridized carbons (Fsp3) is 0.267. The zero-order chi connectivity index (χ0) is 14.1. The van der Waals surface area contributed by atoms with E-state index in [1.165, 1.54) is 0 Å². The number of ether oxygens (including phenoxy) is 2. The minimum atomic E-state index is -0.0369. The summed E-state index contributed by atoms with van der Waals surface area (Å²) in [7, 11) is 0. The summed E-state index contributed by atoms with van der Waals surface area (Å²) in [6.07, 6.45) is 0. The molecule has 0 amide bonds. The van der Waals surface area contributed by atoms with Crippen molar-refractivity contribution in [1.29, 1.82) is 0 Å². The lowest BCUT2D eigenvalue weighted by Gasteiger charge is -2.13. The van der Waals surface area contributed by atoms with Crippen molar-refractivity contribution >= 4 is 0 Å². The SMILES string of the molecule is CCn1c(-c2ccc3c(c2)OCO3)ccc(CN)c1=O. The lowest BCUT2D eigenvalue weighted by atomic mass is 10.1. The molecule has 5 nitrogen and oxygen atoms in total. The van der Waals surface area contributed by atoms with Crippen LogP contribution in [0, 0.1) is 0 Å². The average molecular weight is 272 g/mol. The summed E-state index contributed by atoms with van der Waals surface area (Å²) in [5, 5.41) is 0. The molecule has 0 spiro atoms. The Hall–Kier alpha value is -2.27. The third-order valence-corrected chi connectivity index (χ3v) is 3.46. The highest BCUT2D eigenvalue weighted by molar-refractivity contribution is 5.65. The maximum atomic E-state index is 12.3. The number of rotatable bonds is 3. The quantitative estimate of drug-likeness (QED) is 0.924. The van der Waals surface area contributed by atoms with Crippen molar-refractivity contribution in [3.63, 3.8) is 0 Å². The average Bonchev–Trinajstić information content (AvgIpc) is 2.94. The summed E-state index contributed by atoms with van der Waals surface area (Å²) >= 11 is 0. The van der Waals surface area contributed by atoms with Crippen LogP contribution in [0.25, 0.3) is 11.3 Å². The molecule has 2 heterocycles. The first-order valence-electron chi connectivity index (χ1n) is 6.57. The second kappa shape index (κ2) is 5.02. The van der Waals surface area contributed by atoms with Crippen LogP contribution in [-0.4, -0.2) is 11.4 Å². The molecule has 3 rings (SSSR count). The Morgan fingerprint density at radius 3 is 2.75 bits per heavy atom. The van der Waals surface area contributed by atoms with E-state index >= 15 is 0 Å². The predicted molar refractivity (Wildman–Crippen MR) is 75.8 cm³/mol. The number of hydrogen-bond acceptors (Lipinski definition) is 4. The van der Waals surface area contributed by atoms with E-state index in [1.54, 1.807) is 10.6 Å². The van der Waals surface area contributed by atoms with E-state index in [9.17, 15) is 4.79 Å². The van der Waals surface area contributed by atoms with Gasteiger partial charge >= 0.3 is 0 Å². The molecule has 0 unspecified atom stereocenters. The van der Waals surface area contributed by atoms with Crippen LogP contribution >= 0.6 is 0 Å². The minimum absolute atomic E-state index is 0.0369. The van der Waals surface area contributed by atoms with Crippen LogP contribution < -0.4 is 20.8 Å². The fourth-order valence-corrected chi connectivity index (χ4v) is 2.40. The van der Waals surface area contributed by atoms with Gasteiger partial charge in [0.15, 0.2) is 11.5 Å². The molecular weight excluding hydrogens is 256 g/mol. The number of aromatic nitrogens is 1. The van der Waals surface area contributed by atoms with Gasteiger partial charge < -0.3 is 19.8 Å². The van der Waals surface area contributed by atoms with Crippen LogP contribution in [0.3, 0.4) is 0 Å². The molecule has 0 aliphatic carbocycles. The van der Waals surface area contributed by atoms with Crippen LogP contribution in [0.2, 0.25) is 0 Å². The Labute approximate surface area is 116 Å². The van der Waals surface area contributed by atoms with Crippen LogP contribution in [-0.2, 0) is 13.1 Å². The van der Waals surface area contributed by atoms with Crippen molar-refractivity contribution in [2.24, 2.45) is 5.73 Å². The van der Waals surface area contributed by atoms with E-state index in [1.807, 2.05) is 31.2 Å². The second-order valence-corrected chi connectivity index (χ2v) is 4.57. The molecule has 1 aliphatic heterocycles. The van der Waals surface area contributed by atoms with Gasteiger partial charge in [-0.1, -0.05) is 6.07 Å². The smallest absolute Gasteiger partial charge is 0.255 e. The van der Waals surface area contributed by atoms with Gasteiger partial charge in [0.1, 0.15) is 0 Å². The summed E-state index contributed by atoms with van der Waals surface area (Å²) in [5.41, 5.74) is 7.95. The highest BCUT2D eigenvalue weighted by Crippen LogP contribution is 2.35. The maximum Gasteiger partial charge on any atom is 0.255 e. The largest absolute Gasteiger partial charge is 0.454 e. The Morgan fingerprint density at radius 1 is 1.20 bits per heavy atom. The summed E-state index contributed by atoms with van der Waals surface area (Å²) in [4.78, 5) is 12.3. The van der Waals surface area contributed by atoms with Crippen molar-refractivity contribution < 1.29 is 9.47 Å². The van der Waals surface area contributed by atoms with Crippen LogP contribution in [0.4, 0.5) is 0 Å². The molecule has 0 bridgehead atoms. The van der Waals surface area contributed by atoms with Gasteiger partial charge in [0, 0.05) is 24.2 Å². The first kappa shape index (κ1) is 12.7. The van der Waals surface area contributed by atoms with Crippen molar-refractivity contribution in [2.75, 3.05) is 6.79 Å². The molecule has 1 aliphatic rings. The molecule has 0 fully saturated rings. The zero-order valence-electron chi connectivity index (χ0n) is 11.3. The van der Waals surface area contributed by atoms with Gasteiger partial charge in [-0.25, -0.2) is 0 Å². The zero-order valence-corrected chi connectivity index (χ0v) is 11.3. The Kier molecular flexibility index (Phi) is 3.20. The number of benzene rings is 1. The van der Waals surface area contributed by atoms with Crippen molar-refractivity contribution in [3.8, 4) is 22.8 Å². The summed E-state index contributed by atoms with van der Waals surface area (Å²) in [6, 6.07) is 9.39. The van der Waals surface area contributed by atoms with Crippen LogP contribution in [0.15, 0.2) is 35.1 Å². The van der Waals surface area contributed by atoms with Gasteiger partial charge in [-0.15, -0.1) is 0 Å². The van der Waals surface area contributed by atoms with Crippen molar-refractivity contribution in [1.82, 2.24) is 4.57 Å². The molecule has 2 aromatic rings. The van der Waals surface area contributed by atoms with Crippen LogP contribution in [0.1, 0.15) is 12.5 Å². The van der Waals surface area contributed by atoms with Crippen molar-refractivity contribution in [3.05, 3.63) is 46.2 Å². The summed E-state index contributed by atoms with van der Waals surface area (Å²) in [5.74, 6) is 1.44. The number of nitrogens with two attached hydrogens (primary N) is 1. The van der Waals surface area contributed by atoms with Gasteiger partial charge in [-0.2, -0.15) is 0 Å². The molecule has 1 aromatic carbocycles. The van der Waals surface area contributed by atoms with E-state index in [0.29, 0.717) is 17.9 Å². The number of nitrogens with zero attached hydrogens (tertiary/aromatic N) is 1. The summed E-state index contributed by atoms with van der Waals surface area (Å²) in [6.45, 7) is 3.03. The lowest BCUT2D eigenvalue weighted by Crippen LogP contribution is -2.25. The molecule has 5 heteroatoms. The number of pyridine rings is 1. The first-order valence-corrected chi connectivity index (χ1v) is 6.57. The molecule has 104 valence electrons. The minimum Gasteiger partial charge on any atom is -0.454 e. The standard InChI is InChI=1S/C15H16N2O3/c1-2-17-12(5-3-11(8-16)15(17)18)10-4-6-13-14(7-10)20-9-19-13/h3-7H,2,8-9,16H2,1H3. The predicted octanol–water partition coefficient (Wildman–Crippen LogP) is 1.72. The molecule has 0 saturated heterocycles. The van der Waals surface area contributed by atoms with E-state index in [-0.39, 0.29) is 18.9 Å². The highest BCUT2D eigenvalue weighted by Gasteiger charge is 2.15. The van der Waals surface area contributed by atoms with E-state index < -0.39 is 0 Å². The molecule has 0 radical (unpaired) electrons. The summed E-state index contributed by atoms with van der Waals surface area (Å²) < 4.78 is 12.4. The fourth-order valence-electron chi connectivity index (χ4n) is 2.40. The Balaban J connectivity index is 2.15. The highest BCUT2D eigenvalue weighted by atomic mass is 16.7. The van der Waals surface area contributed by atoms with E-state index in [0.717, 1.165) is 17.0 Å². The Bertz CT molecular complexity index is 707. The van der Waals surface area contributed by atoms with E-state index in [4.69, 9.17) is 15.2 Å². The first-order chi connectivity index (χ1) is 9.74. The topological polar surface area (TPSA) is 66.5 Å². The second-order valence-electron chi connectivity index (χ2n) is 4.57. The van der Waals surface area contributed by atoms with Gasteiger partial charge in [-0.3, -0.25) is 4.79 Å². The number of hydrogen-bond donors (Lipinski definition) is 1. The molecule has 0 saturated carbocycles. The monoisotopic (exact) mass is 272 g/mol.